The van der Waals surface area contributed by atoms with E-state index in [1.165, 1.54) is 0 Å². The van der Waals surface area contributed by atoms with Gasteiger partial charge in [-0.05, 0) is 30.3 Å². The lowest BCUT2D eigenvalue weighted by atomic mass is 10.1. The van der Waals surface area contributed by atoms with Crippen LogP contribution >= 0.6 is 0 Å². The molecule has 8 nitrogen and oxygen atoms in total. The maximum Gasteiger partial charge on any atom is 0.261 e. The topological polar surface area (TPSA) is 73.8 Å². The van der Waals surface area contributed by atoms with Gasteiger partial charge in [-0.25, -0.2) is 4.98 Å². The molecule has 0 bridgehead atoms. The Hall–Kier alpha value is -3.65. The summed E-state index contributed by atoms with van der Waals surface area (Å²) in [6, 6.07) is 15.7. The number of aromatic nitrogens is 2. The molecule has 3 aromatic rings. The monoisotopic (exact) mass is 416 g/mol. The molecule has 1 aromatic heterocycles. The van der Waals surface area contributed by atoms with Gasteiger partial charge >= 0.3 is 0 Å². The summed E-state index contributed by atoms with van der Waals surface area (Å²) in [7, 11) is 3.67. The first-order valence-corrected chi connectivity index (χ1v) is 10.3. The fourth-order valence-electron chi connectivity index (χ4n) is 3.99. The van der Waals surface area contributed by atoms with Gasteiger partial charge in [0.05, 0.1) is 30.7 Å². The zero-order valence-electron chi connectivity index (χ0n) is 17.6. The number of carbonyl (C=O) groups excluding carboxylic acids is 1. The van der Waals surface area contributed by atoms with Crippen LogP contribution in [0.2, 0.25) is 0 Å². The first kappa shape index (κ1) is 19.3. The fraction of sp³-hybridized carbons (Fsp3) is 0.261. The number of fused-ring (bicyclic) bond motifs is 2. The predicted molar refractivity (Wildman–Crippen MR) is 122 cm³/mol. The minimum Gasteiger partial charge on any atom is -0.378 e. The molecule has 1 N–H and O–H groups in total. The Morgan fingerprint density at radius 1 is 0.968 bits per heavy atom. The Morgan fingerprint density at radius 3 is 2.61 bits per heavy atom. The number of benzene rings is 2. The van der Waals surface area contributed by atoms with E-state index in [9.17, 15) is 4.79 Å². The molecule has 5 rings (SSSR count). The van der Waals surface area contributed by atoms with Crippen LogP contribution in [0.15, 0.2) is 54.7 Å². The number of carbonyl (C=O) groups is 1. The Labute approximate surface area is 181 Å². The minimum atomic E-state index is -0.0971. The summed E-state index contributed by atoms with van der Waals surface area (Å²) in [5.41, 5.74) is 4.26. The molecule has 0 radical (unpaired) electrons. The molecule has 1 amide bonds. The van der Waals surface area contributed by atoms with Crippen molar-refractivity contribution in [3.8, 4) is 0 Å². The first-order valence-electron chi connectivity index (χ1n) is 10.3. The first-order chi connectivity index (χ1) is 15.1. The van der Waals surface area contributed by atoms with Crippen LogP contribution in [0.4, 0.5) is 34.5 Å². The Morgan fingerprint density at radius 2 is 1.77 bits per heavy atom. The Kier molecular flexibility index (Phi) is 4.91. The van der Waals surface area contributed by atoms with Gasteiger partial charge in [0.1, 0.15) is 5.69 Å². The second kappa shape index (κ2) is 7.88. The molecule has 1 fully saturated rings. The summed E-state index contributed by atoms with van der Waals surface area (Å²) < 4.78 is 5.45. The van der Waals surface area contributed by atoms with E-state index in [4.69, 9.17) is 4.74 Å². The molecule has 0 atom stereocenters. The highest BCUT2D eigenvalue weighted by molar-refractivity contribution is 6.12. The maximum atomic E-state index is 13.0. The lowest BCUT2D eigenvalue weighted by Crippen LogP contribution is -2.36. The van der Waals surface area contributed by atoms with Crippen LogP contribution in [0, 0.1) is 0 Å². The van der Waals surface area contributed by atoms with E-state index in [0.717, 1.165) is 49.1 Å². The van der Waals surface area contributed by atoms with Gasteiger partial charge in [-0.2, -0.15) is 4.98 Å². The molecule has 158 valence electrons. The third-order valence-electron chi connectivity index (χ3n) is 5.71. The molecule has 0 unspecified atom stereocenters. The number of anilines is 6. The molecular formula is C23H24N6O2. The number of amides is 1. The van der Waals surface area contributed by atoms with E-state index in [2.05, 4.69) is 32.3 Å². The van der Waals surface area contributed by atoms with E-state index in [1.807, 2.05) is 48.3 Å². The van der Waals surface area contributed by atoms with Crippen LogP contribution in [0.1, 0.15) is 10.4 Å². The maximum absolute atomic E-state index is 13.0. The number of morpholine rings is 1. The highest BCUT2D eigenvalue weighted by Crippen LogP contribution is 2.38. The number of ether oxygens (including phenoxy) is 1. The summed E-state index contributed by atoms with van der Waals surface area (Å²) in [4.78, 5) is 28.1. The second-order valence-electron chi connectivity index (χ2n) is 7.62. The van der Waals surface area contributed by atoms with Gasteiger partial charge in [0.2, 0.25) is 5.95 Å². The molecule has 2 aromatic carbocycles. The van der Waals surface area contributed by atoms with E-state index >= 15 is 0 Å². The summed E-state index contributed by atoms with van der Waals surface area (Å²) in [6.07, 6.45) is 1.75. The van der Waals surface area contributed by atoms with E-state index in [-0.39, 0.29) is 5.91 Å². The van der Waals surface area contributed by atoms with Gasteiger partial charge in [0, 0.05) is 38.6 Å². The molecule has 0 saturated carbocycles. The third-order valence-corrected chi connectivity index (χ3v) is 5.71. The van der Waals surface area contributed by atoms with Gasteiger partial charge in [0.15, 0.2) is 5.82 Å². The van der Waals surface area contributed by atoms with Crippen LogP contribution in [-0.2, 0) is 4.74 Å². The Balaban J connectivity index is 1.45. The second-order valence-corrected chi connectivity index (χ2v) is 7.62. The van der Waals surface area contributed by atoms with Crippen molar-refractivity contribution >= 4 is 40.4 Å². The van der Waals surface area contributed by atoms with Crippen LogP contribution in [0.25, 0.3) is 0 Å². The SMILES string of the molecule is CN1C(=O)c2ccccc2N(C)c2cnc(Nc3cccc(N4CCOCC4)c3)nc21. The van der Waals surface area contributed by atoms with Crippen molar-refractivity contribution in [3.05, 3.63) is 60.3 Å². The summed E-state index contributed by atoms with van der Waals surface area (Å²) in [5, 5.41) is 3.29. The van der Waals surface area contributed by atoms with Crippen LogP contribution in [0.3, 0.4) is 0 Å². The summed E-state index contributed by atoms with van der Waals surface area (Å²) in [5.74, 6) is 0.905. The number of rotatable bonds is 3. The number of hydrogen-bond donors (Lipinski definition) is 1. The zero-order valence-corrected chi connectivity index (χ0v) is 17.6. The van der Waals surface area contributed by atoms with Gasteiger partial charge in [-0.3, -0.25) is 9.69 Å². The van der Waals surface area contributed by atoms with Gasteiger partial charge in [0.25, 0.3) is 5.91 Å². The largest absolute Gasteiger partial charge is 0.378 e. The molecule has 1 saturated heterocycles. The van der Waals surface area contributed by atoms with E-state index in [1.54, 1.807) is 18.1 Å². The highest BCUT2D eigenvalue weighted by Gasteiger charge is 2.28. The number of para-hydroxylation sites is 1. The van der Waals surface area contributed by atoms with Crippen molar-refractivity contribution in [1.82, 2.24) is 9.97 Å². The normalized spacial score (nSPS) is 15.9. The molecule has 2 aliphatic heterocycles. The molecule has 2 aliphatic rings. The zero-order chi connectivity index (χ0) is 21.4. The Bertz CT molecular complexity index is 1130. The van der Waals surface area contributed by atoms with Crippen molar-refractivity contribution in [2.45, 2.75) is 0 Å². The van der Waals surface area contributed by atoms with Crippen molar-refractivity contribution in [2.24, 2.45) is 0 Å². The molecule has 0 spiro atoms. The summed E-state index contributed by atoms with van der Waals surface area (Å²) in [6.45, 7) is 3.22. The van der Waals surface area contributed by atoms with Crippen molar-refractivity contribution in [3.63, 3.8) is 0 Å². The highest BCUT2D eigenvalue weighted by atomic mass is 16.5. The van der Waals surface area contributed by atoms with Gasteiger partial charge in [-0.15, -0.1) is 0 Å². The number of hydrogen-bond acceptors (Lipinski definition) is 7. The average molecular weight is 416 g/mol. The molecule has 31 heavy (non-hydrogen) atoms. The van der Waals surface area contributed by atoms with Crippen LogP contribution < -0.4 is 20.0 Å². The third kappa shape index (κ3) is 3.55. The fourth-order valence-corrected chi connectivity index (χ4v) is 3.99. The lowest BCUT2D eigenvalue weighted by molar-refractivity contribution is 0.0993. The molecular weight excluding hydrogens is 392 g/mol. The number of nitrogens with zero attached hydrogens (tertiary/aromatic N) is 5. The van der Waals surface area contributed by atoms with Crippen molar-refractivity contribution in [1.29, 1.82) is 0 Å². The van der Waals surface area contributed by atoms with E-state index < -0.39 is 0 Å². The molecule has 3 heterocycles. The van der Waals surface area contributed by atoms with Crippen molar-refractivity contribution in [2.75, 3.05) is 60.4 Å². The van der Waals surface area contributed by atoms with Crippen molar-refractivity contribution < 1.29 is 9.53 Å². The lowest BCUT2D eigenvalue weighted by Gasteiger charge is -2.29. The average Bonchev–Trinajstić information content (AvgIpc) is 2.90. The predicted octanol–water partition coefficient (Wildman–Crippen LogP) is 3.41. The van der Waals surface area contributed by atoms with Gasteiger partial charge in [-0.1, -0.05) is 18.2 Å². The number of nitrogens with one attached hydrogen (secondary N) is 1. The quantitative estimate of drug-likeness (QED) is 0.701. The van der Waals surface area contributed by atoms with Crippen LogP contribution in [0.5, 0.6) is 0 Å². The molecule has 0 aliphatic carbocycles. The molecule has 8 heteroatoms. The van der Waals surface area contributed by atoms with E-state index in [0.29, 0.717) is 17.3 Å². The standard InChI is InChI=1S/C23H24N6O2/c1-27-19-9-4-3-8-18(19)22(30)28(2)21-20(27)15-24-23(26-21)25-16-6-5-7-17(14-16)29-10-12-31-13-11-29/h3-9,14-15H,10-13H2,1-2H3,(H,24,25,26). The van der Waals surface area contributed by atoms with Crippen LogP contribution in [-0.4, -0.2) is 56.3 Å². The smallest absolute Gasteiger partial charge is 0.261 e. The summed E-state index contributed by atoms with van der Waals surface area (Å²) >= 11 is 0. The van der Waals surface area contributed by atoms with Gasteiger partial charge < -0.3 is 19.9 Å². The minimum absolute atomic E-state index is 0.0971.